The molecule has 0 radical (unpaired) electrons. The summed E-state index contributed by atoms with van der Waals surface area (Å²) in [6.45, 7) is 11.9. The Morgan fingerprint density at radius 3 is 2.50 bits per heavy atom. The standard InChI is InChI=1S/C15H24O/c1-6-14(4)9-13(2,3)10-7-12-15(5,16-12)8-11(10)14/h12H,6-9H2,1-5H3. The second-order valence-electron chi connectivity index (χ2n) is 7.23. The Labute approximate surface area is 99.3 Å². The van der Waals surface area contributed by atoms with E-state index in [2.05, 4.69) is 34.6 Å². The van der Waals surface area contributed by atoms with E-state index in [0.29, 0.717) is 16.9 Å². The van der Waals surface area contributed by atoms with Gasteiger partial charge in [0.2, 0.25) is 0 Å². The van der Waals surface area contributed by atoms with E-state index in [-0.39, 0.29) is 5.60 Å². The van der Waals surface area contributed by atoms with Gasteiger partial charge in [0.15, 0.2) is 0 Å². The van der Waals surface area contributed by atoms with Crippen LogP contribution >= 0.6 is 0 Å². The van der Waals surface area contributed by atoms with Crippen molar-refractivity contribution >= 4 is 0 Å². The van der Waals surface area contributed by atoms with Gasteiger partial charge >= 0.3 is 0 Å². The summed E-state index contributed by atoms with van der Waals surface area (Å²) in [6.07, 6.45) is 5.54. The summed E-state index contributed by atoms with van der Waals surface area (Å²) in [5, 5.41) is 0. The van der Waals surface area contributed by atoms with E-state index in [1.54, 1.807) is 11.1 Å². The van der Waals surface area contributed by atoms with Crippen molar-refractivity contribution in [1.82, 2.24) is 0 Å². The van der Waals surface area contributed by atoms with Crippen LogP contribution in [0, 0.1) is 10.8 Å². The highest BCUT2D eigenvalue weighted by molar-refractivity contribution is 5.40. The van der Waals surface area contributed by atoms with Gasteiger partial charge in [0.25, 0.3) is 0 Å². The van der Waals surface area contributed by atoms with Gasteiger partial charge in [-0.05, 0) is 37.0 Å². The van der Waals surface area contributed by atoms with Gasteiger partial charge in [-0.15, -0.1) is 0 Å². The predicted molar refractivity (Wildman–Crippen MR) is 66.3 cm³/mol. The summed E-state index contributed by atoms with van der Waals surface area (Å²) >= 11 is 0. The molecule has 3 aliphatic rings. The predicted octanol–water partition coefficient (Wildman–Crippen LogP) is 4.08. The Kier molecular flexibility index (Phi) is 1.86. The quantitative estimate of drug-likeness (QED) is 0.479. The fourth-order valence-electron chi connectivity index (χ4n) is 4.26. The molecule has 3 atom stereocenters. The fourth-order valence-corrected chi connectivity index (χ4v) is 4.26. The van der Waals surface area contributed by atoms with Crippen molar-refractivity contribution in [2.75, 3.05) is 0 Å². The Balaban J connectivity index is 2.04. The highest BCUT2D eigenvalue weighted by atomic mass is 16.6. The monoisotopic (exact) mass is 220 g/mol. The molecule has 1 saturated heterocycles. The van der Waals surface area contributed by atoms with E-state index in [9.17, 15) is 0 Å². The molecular formula is C15H24O. The first kappa shape index (κ1) is 10.8. The number of hydrogen-bond acceptors (Lipinski definition) is 1. The molecule has 0 saturated carbocycles. The Hall–Kier alpha value is -0.300. The normalized spacial score (nSPS) is 48.9. The third-order valence-electron chi connectivity index (χ3n) is 5.47. The number of epoxide rings is 1. The molecule has 1 heterocycles. The molecule has 0 N–H and O–H groups in total. The molecule has 2 aliphatic carbocycles. The van der Waals surface area contributed by atoms with Gasteiger partial charge in [-0.1, -0.05) is 38.8 Å². The third-order valence-corrected chi connectivity index (χ3v) is 5.47. The van der Waals surface area contributed by atoms with Crippen LogP contribution < -0.4 is 0 Å². The third kappa shape index (κ3) is 1.21. The maximum absolute atomic E-state index is 5.89. The molecule has 0 aromatic rings. The van der Waals surface area contributed by atoms with Gasteiger partial charge in [0.1, 0.15) is 0 Å². The van der Waals surface area contributed by atoms with Gasteiger partial charge in [-0.25, -0.2) is 0 Å². The van der Waals surface area contributed by atoms with E-state index in [4.69, 9.17) is 4.74 Å². The number of rotatable bonds is 1. The average Bonchev–Trinajstić information content (AvgIpc) is 2.80. The van der Waals surface area contributed by atoms with E-state index in [0.717, 1.165) is 0 Å². The maximum Gasteiger partial charge on any atom is 0.0960 e. The first-order valence-corrected chi connectivity index (χ1v) is 6.72. The van der Waals surface area contributed by atoms with Crippen LogP contribution in [0.25, 0.3) is 0 Å². The smallest absolute Gasteiger partial charge is 0.0960 e. The van der Waals surface area contributed by atoms with Crippen molar-refractivity contribution in [2.24, 2.45) is 10.8 Å². The Morgan fingerprint density at radius 1 is 1.19 bits per heavy atom. The molecule has 3 rings (SSSR count). The molecule has 1 nitrogen and oxygen atoms in total. The minimum absolute atomic E-state index is 0.204. The van der Waals surface area contributed by atoms with Crippen LogP contribution in [0.5, 0.6) is 0 Å². The molecule has 3 unspecified atom stereocenters. The Bertz CT molecular complexity index is 379. The summed E-state index contributed by atoms with van der Waals surface area (Å²) in [4.78, 5) is 0. The van der Waals surface area contributed by atoms with Crippen LogP contribution in [-0.2, 0) is 4.74 Å². The lowest BCUT2D eigenvalue weighted by Gasteiger charge is -2.30. The first-order valence-electron chi connectivity index (χ1n) is 6.72. The minimum atomic E-state index is 0.204. The molecule has 1 fully saturated rings. The van der Waals surface area contributed by atoms with Crippen molar-refractivity contribution in [3.63, 3.8) is 0 Å². The molecule has 90 valence electrons. The molecule has 1 heteroatoms. The number of hydrogen-bond donors (Lipinski definition) is 0. The largest absolute Gasteiger partial charge is 0.366 e. The molecule has 0 bridgehead atoms. The number of fused-ring (bicyclic) bond motifs is 1. The lowest BCUT2D eigenvalue weighted by Crippen LogP contribution is -2.23. The highest BCUT2D eigenvalue weighted by Crippen LogP contribution is 2.64. The number of ether oxygens (including phenoxy) is 1. The van der Waals surface area contributed by atoms with Gasteiger partial charge in [0, 0.05) is 6.42 Å². The molecule has 16 heavy (non-hydrogen) atoms. The second kappa shape index (κ2) is 2.75. The van der Waals surface area contributed by atoms with Crippen molar-refractivity contribution in [3.05, 3.63) is 11.1 Å². The average molecular weight is 220 g/mol. The zero-order valence-electron chi connectivity index (χ0n) is 11.3. The van der Waals surface area contributed by atoms with E-state index in [1.807, 2.05) is 0 Å². The lowest BCUT2D eigenvalue weighted by molar-refractivity contribution is 0.253. The Morgan fingerprint density at radius 2 is 1.88 bits per heavy atom. The van der Waals surface area contributed by atoms with Crippen LogP contribution in [0.4, 0.5) is 0 Å². The van der Waals surface area contributed by atoms with Crippen molar-refractivity contribution in [2.45, 2.75) is 72.0 Å². The summed E-state index contributed by atoms with van der Waals surface area (Å²) < 4.78 is 5.89. The van der Waals surface area contributed by atoms with Crippen LogP contribution in [-0.4, -0.2) is 11.7 Å². The van der Waals surface area contributed by atoms with Crippen LogP contribution in [0.2, 0.25) is 0 Å². The summed E-state index contributed by atoms with van der Waals surface area (Å²) in [5.74, 6) is 0. The van der Waals surface area contributed by atoms with Crippen molar-refractivity contribution in [3.8, 4) is 0 Å². The zero-order valence-corrected chi connectivity index (χ0v) is 11.3. The van der Waals surface area contributed by atoms with Gasteiger partial charge < -0.3 is 4.74 Å². The SMILES string of the molecule is CCC1(C)CC(C)(C)C2=C1CC1(C)OC1C2. The molecular weight excluding hydrogens is 196 g/mol. The zero-order chi connectivity index (χ0) is 11.8. The van der Waals surface area contributed by atoms with Gasteiger partial charge in [-0.3, -0.25) is 0 Å². The first-order chi connectivity index (χ1) is 7.31. The summed E-state index contributed by atoms with van der Waals surface area (Å²) in [5.41, 5.74) is 4.54. The fraction of sp³-hybridized carbons (Fsp3) is 0.867. The minimum Gasteiger partial charge on any atom is -0.366 e. The van der Waals surface area contributed by atoms with Gasteiger partial charge in [-0.2, -0.15) is 0 Å². The molecule has 0 spiro atoms. The van der Waals surface area contributed by atoms with Crippen LogP contribution in [0.1, 0.15) is 60.3 Å². The topological polar surface area (TPSA) is 12.5 Å². The summed E-state index contributed by atoms with van der Waals surface area (Å²) in [7, 11) is 0. The lowest BCUT2D eigenvalue weighted by atomic mass is 9.74. The summed E-state index contributed by atoms with van der Waals surface area (Å²) in [6, 6.07) is 0. The second-order valence-corrected chi connectivity index (χ2v) is 7.23. The van der Waals surface area contributed by atoms with Gasteiger partial charge in [0.05, 0.1) is 11.7 Å². The van der Waals surface area contributed by atoms with Crippen molar-refractivity contribution < 1.29 is 4.74 Å². The highest BCUT2D eigenvalue weighted by Gasteiger charge is 2.60. The van der Waals surface area contributed by atoms with Crippen molar-refractivity contribution in [1.29, 1.82) is 0 Å². The van der Waals surface area contributed by atoms with E-state index >= 15 is 0 Å². The molecule has 0 amide bonds. The van der Waals surface area contributed by atoms with Crippen LogP contribution in [0.15, 0.2) is 11.1 Å². The molecule has 0 aromatic heterocycles. The van der Waals surface area contributed by atoms with E-state index in [1.165, 1.54) is 25.7 Å². The molecule has 1 aliphatic heterocycles. The molecule has 0 aromatic carbocycles. The maximum atomic E-state index is 5.89. The van der Waals surface area contributed by atoms with E-state index < -0.39 is 0 Å². The van der Waals surface area contributed by atoms with Crippen LogP contribution in [0.3, 0.4) is 0 Å².